The first-order valence-electron chi connectivity index (χ1n) is 11.0. The number of hydrogen-bond acceptors (Lipinski definition) is 3. The van der Waals surface area contributed by atoms with E-state index in [9.17, 15) is 0 Å². The van der Waals surface area contributed by atoms with Crippen LogP contribution in [0.25, 0.3) is 16.9 Å². The molecule has 1 aromatic heterocycles. The minimum atomic E-state index is -1.82. The maximum atomic E-state index is 9.10. The molecule has 0 fully saturated rings. The summed E-state index contributed by atoms with van der Waals surface area (Å²) in [5.41, 5.74) is 8.18. The van der Waals surface area contributed by atoms with E-state index in [1.165, 1.54) is 40.2 Å². The van der Waals surface area contributed by atoms with E-state index in [2.05, 4.69) is 96.1 Å². The second-order valence-corrected chi connectivity index (χ2v) is 8.27. The highest BCUT2D eigenvalue weighted by atomic mass is 16.4. The molecule has 3 aromatic rings. The normalized spacial score (nSPS) is 13.2. The SMILES string of the molecule is CC(C)=CCN1CCCc2c(cc(-c3ccccc3)n2-c2ccccc2)C1.O=C(O)C(=O)O. The van der Waals surface area contributed by atoms with Crippen molar-refractivity contribution in [3.8, 4) is 16.9 Å². The fourth-order valence-corrected chi connectivity index (χ4v) is 3.96. The van der Waals surface area contributed by atoms with E-state index in [0.29, 0.717) is 0 Å². The van der Waals surface area contributed by atoms with E-state index in [1.54, 1.807) is 0 Å². The Kier molecular flexibility index (Phi) is 8.22. The number of allylic oxidation sites excluding steroid dienone is 1. The number of para-hydroxylation sites is 1. The molecule has 0 atom stereocenters. The van der Waals surface area contributed by atoms with Gasteiger partial charge >= 0.3 is 11.9 Å². The lowest BCUT2D eigenvalue weighted by atomic mass is 10.1. The lowest BCUT2D eigenvalue weighted by Crippen LogP contribution is -2.23. The Morgan fingerprint density at radius 3 is 2.12 bits per heavy atom. The highest BCUT2D eigenvalue weighted by Gasteiger charge is 2.21. The summed E-state index contributed by atoms with van der Waals surface area (Å²) in [5.74, 6) is -3.65. The maximum Gasteiger partial charge on any atom is 0.414 e. The van der Waals surface area contributed by atoms with Gasteiger partial charge in [-0.2, -0.15) is 0 Å². The summed E-state index contributed by atoms with van der Waals surface area (Å²) in [5, 5.41) is 14.8. The molecular formula is C27H30N2O4. The van der Waals surface area contributed by atoms with Crippen molar-refractivity contribution in [1.29, 1.82) is 0 Å². The standard InChI is InChI=1S/C25H28N2.C2H2O4/c1-20(2)15-17-26-16-9-14-24-22(19-26)18-25(21-10-5-3-6-11-21)27(24)23-12-7-4-8-13-23;3-1(4)2(5)6/h3-8,10-13,15,18H,9,14,16-17,19H2,1-2H3;(H,3,4)(H,5,6). The zero-order valence-corrected chi connectivity index (χ0v) is 19.1. The van der Waals surface area contributed by atoms with Crippen LogP contribution in [0.15, 0.2) is 78.4 Å². The number of carbonyl (C=O) groups is 2. The third-order valence-electron chi connectivity index (χ3n) is 5.50. The van der Waals surface area contributed by atoms with E-state index in [4.69, 9.17) is 19.8 Å². The molecule has 0 amide bonds. The molecule has 0 unspecified atom stereocenters. The van der Waals surface area contributed by atoms with Gasteiger partial charge in [0.1, 0.15) is 0 Å². The van der Waals surface area contributed by atoms with Crippen molar-refractivity contribution in [3.63, 3.8) is 0 Å². The van der Waals surface area contributed by atoms with Crippen molar-refractivity contribution in [2.45, 2.75) is 33.2 Å². The van der Waals surface area contributed by atoms with Crippen molar-refractivity contribution in [1.82, 2.24) is 9.47 Å². The Labute approximate surface area is 194 Å². The van der Waals surface area contributed by atoms with E-state index in [0.717, 1.165) is 26.1 Å². The first-order chi connectivity index (χ1) is 15.9. The first-order valence-corrected chi connectivity index (χ1v) is 11.0. The third kappa shape index (κ3) is 6.43. The van der Waals surface area contributed by atoms with Gasteiger partial charge in [-0.1, -0.05) is 60.2 Å². The molecular weight excluding hydrogens is 416 g/mol. The Bertz CT molecular complexity index is 1100. The molecule has 2 heterocycles. The molecule has 2 N–H and O–H groups in total. The number of rotatable bonds is 4. The molecule has 0 radical (unpaired) electrons. The number of aromatic nitrogens is 1. The second kappa shape index (κ2) is 11.3. The molecule has 4 rings (SSSR count). The largest absolute Gasteiger partial charge is 0.473 e. The summed E-state index contributed by atoms with van der Waals surface area (Å²) in [6, 6.07) is 24.0. The third-order valence-corrected chi connectivity index (χ3v) is 5.50. The molecule has 172 valence electrons. The highest BCUT2D eigenvalue weighted by molar-refractivity contribution is 6.27. The van der Waals surface area contributed by atoms with Gasteiger partial charge < -0.3 is 14.8 Å². The quantitative estimate of drug-likeness (QED) is 0.435. The van der Waals surface area contributed by atoms with Crippen LogP contribution in [0.2, 0.25) is 0 Å². The highest BCUT2D eigenvalue weighted by Crippen LogP contribution is 2.32. The van der Waals surface area contributed by atoms with Gasteiger partial charge in [-0.05, 0) is 62.6 Å². The van der Waals surface area contributed by atoms with Gasteiger partial charge in [-0.3, -0.25) is 4.90 Å². The molecule has 1 aliphatic rings. The number of carboxylic acids is 2. The minimum absolute atomic E-state index is 1.03. The van der Waals surface area contributed by atoms with Crippen LogP contribution in [0.4, 0.5) is 0 Å². The van der Waals surface area contributed by atoms with E-state index < -0.39 is 11.9 Å². The number of aliphatic carboxylic acids is 2. The van der Waals surface area contributed by atoms with Gasteiger partial charge in [0.15, 0.2) is 0 Å². The number of nitrogens with zero attached hydrogens (tertiary/aromatic N) is 2. The number of hydrogen-bond donors (Lipinski definition) is 2. The van der Waals surface area contributed by atoms with E-state index in [1.807, 2.05) is 0 Å². The summed E-state index contributed by atoms with van der Waals surface area (Å²) in [7, 11) is 0. The van der Waals surface area contributed by atoms with Gasteiger partial charge in [0, 0.05) is 24.5 Å². The molecule has 0 spiro atoms. The second-order valence-electron chi connectivity index (χ2n) is 8.27. The average Bonchev–Trinajstić information content (AvgIpc) is 3.04. The predicted molar refractivity (Wildman–Crippen MR) is 130 cm³/mol. The van der Waals surface area contributed by atoms with Crippen molar-refractivity contribution in [2.75, 3.05) is 13.1 Å². The smallest absolute Gasteiger partial charge is 0.414 e. The van der Waals surface area contributed by atoms with Gasteiger partial charge in [0.25, 0.3) is 0 Å². The molecule has 6 heteroatoms. The number of carboxylic acid groups (broad SMARTS) is 2. The Morgan fingerprint density at radius 1 is 0.939 bits per heavy atom. The lowest BCUT2D eigenvalue weighted by Gasteiger charge is -2.18. The topological polar surface area (TPSA) is 82.8 Å². The molecule has 6 nitrogen and oxygen atoms in total. The van der Waals surface area contributed by atoms with Crippen LogP contribution in [-0.2, 0) is 22.6 Å². The summed E-state index contributed by atoms with van der Waals surface area (Å²) in [4.78, 5) is 20.8. The van der Waals surface area contributed by atoms with Gasteiger partial charge in [0.05, 0.1) is 5.69 Å². The molecule has 0 bridgehead atoms. The van der Waals surface area contributed by atoms with Crippen molar-refractivity contribution in [2.24, 2.45) is 0 Å². The van der Waals surface area contributed by atoms with Crippen LogP contribution in [0.5, 0.6) is 0 Å². The molecule has 1 aliphatic heterocycles. The monoisotopic (exact) mass is 446 g/mol. The summed E-state index contributed by atoms with van der Waals surface area (Å²) in [6.45, 7) is 7.59. The maximum absolute atomic E-state index is 9.10. The predicted octanol–water partition coefficient (Wildman–Crippen LogP) is 5.01. The number of fused-ring (bicyclic) bond motifs is 1. The Hall–Kier alpha value is -3.64. The van der Waals surface area contributed by atoms with Crippen molar-refractivity contribution in [3.05, 3.63) is 89.6 Å². The number of benzene rings is 2. The van der Waals surface area contributed by atoms with Crippen molar-refractivity contribution < 1.29 is 19.8 Å². The zero-order chi connectivity index (χ0) is 23.8. The van der Waals surface area contributed by atoms with Crippen molar-refractivity contribution >= 4 is 11.9 Å². The van der Waals surface area contributed by atoms with Gasteiger partial charge in [-0.15, -0.1) is 0 Å². The van der Waals surface area contributed by atoms with E-state index >= 15 is 0 Å². The van der Waals surface area contributed by atoms with Crippen LogP contribution in [-0.4, -0.2) is 44.7 Å². The summed E-state index contributed by atoms with van der Waals surface area (Å²) >= 11 is 0. The van der Waals surface area contributed by atoms with Crippen LogP contribution >= 0.6 is 0 Å². The van der Waals surface area contributed by atoms with Crippen LogP contribution in [0, 0.1) is 0 Å². The summed E-state index contributed by atoms with van der Waals surface area (Å²) < 4.78 is 2.48. The minimum Gasteiger partial charge on any atom is -0.473 e. The molecule has 0 aliphatic carbocycles. The average molecular weight is 447 g/mol. The Morgan fingerprint density at radius 2 is 1.55 bits per heavy atom. The van der Waals surface area contributed by atoms with Crippen LogP contribution in [0.1, 0.15) is 31.5 Å². The molecule has 0 saturated carbocycles. The first kappa shape index (κ1) is 24.0. The van der Waals surface area contributed by atoms with Gasteiger partial charge in [0.2, 0.25) is 0 Å². The Balaban J connectivity index is 0.000000454. The molecule has 33 heavy (non-hydrogen) atoms. The van der Waals surface area contributed by atoms with E-state index in [-0.39, 0.29) is 0 Å². The lowest BCUT2D eigenvalue weighted by molar-refractivity contribution is -0.159. The van der Waals surface area contributed by atoms with Crippen LogP contribution in [0.3, 0.4) is 0 Å². The fraction of sp³-hybridized carbons (Fsp3) is 0.259. The van der Waals surface area contributed by atoms with Gasteiger partial charge in [-0.25, -0.2) is 9.59 Å². The molecule has 2 aromatic carbocycles. The summed E-state index contributed by atoms with van der Waals surface area (Å²) in [6.07, 6.45) is 4.67. The zero-order valence-electron chi connectivity index (χ0n) is 19.1. The fourth-order valence-electron chi connectivity index (χ4n) is 3.96. The molecule has 0 saturated heterocycles. The van der Waals surface area contributed by atoms with Crippen LogP contribution < -0.4 is 0 Å².